The summed E-state index contributed by atoms with van der Waals surface area (Å²) in [6, 6.07) is 6.70. The van der Waals surface area contributed by atoms with Crippen molar-refractivity contribution in [2.45, 2.75) is 20.8 Å². The first-order valence-corrected chi connectivity index (χ1v) is 7.95. The number of aryl methyl sites for hydroxylation is 1. The molecule has 0 atom stereocenters. The van der Waals surface area contributed by atoms with Crippen molar-refractivity contribution >= 4 is 23.3 Å². The molecule has 0 saturated heterocycles. The van der Waals surface area contributed by atoms with E-state index in [1.54, 1.807) is 38.1 Å². The maximum atomic E-state index is 12.6. The SMILES string of the molecule is CC(=O)c1c(C)[nH]c(C(=O)Nc2ccccc2C(=O)NCCN)c1C. The Morgan fingerprint density at radius 1 is 1.12 bits per heavy atom. The maximum absolute atomic E-state index is 12.6. The molecule has 5 N–H and O–H groups in total. The Morgan fingerprint density at radius 3 is 2.40 bits per heavy atom. The lowest BCUT2D eigenvalue weighted by Gasteiger charge is -2.11. The van der Waals surface area contributed by atoms with Crippen LogP contribution in [0.4, 0.5) is 5.69 Å². The minimum atomic E-state index is -0.410. The lowest BCUT2D eigenvalue weighted by atomic mass is 10.1. The van der Waals surface area contributed by atoms with Gasteiger partial charge >= 0.3 is 0 Å². The second-order valence-corrected chi connectivity index (χ2v) is 5.73. The van der Waals surface area contributed by atoms with Crippen molar-refractivity contribution in [2.75, 3.05) is 18.4 Å². The number of rotatable bonds is 6. The second-order valence-electron chi connectivity index (χ2n) is 5.73. The summed E-state index contributed by atoms with van der Waals surface area (Å²) in [4.78, 5) is 39.5. The number of carbonyl (C=O) groups is 3. The van der Waals surface area contributed by atoms with Gasteiger partial charge in [-0.25, -0.2) is 0 Å². The molecule has 2 aromatic rings. The van der Waals surface area contributed by atoms with Crippen LogP contribution in [0.25, 0.3) is 0 Å². The minimum Gasteiger partial charge on any atom is -0.354 e. The average Bonchev–Trinajstić information content (AvgIpc) is 2.87. The zero-order chi connectivity index (χ0) is 18.6. The van der Waals surface area contributed by atoms with E-state index >= 15 is 0 Å². The monoisotopic (exact) mass is 342 g/mol. The molecular formula is C18H22N4O3. The van der Waals surface area contributed by atoms with Crippen LogP contribution in [0.2, 0.25) is 0 Å². The molecule has 7 nitrogen and oxygen atoms in total. The predicted octanol–water partition coefficient (Wildman–Crippen LogP) is 1.77. The molecule has 1 heterocycles. The normalized spacial score (nSPS) is 10.4. The molecule has 2 rings (SSSR count). The molecule has 25 heavy (non-hydrogen) atoms. The van der Waals surface area contributed by atoms with E-state index in [4.69, 9.17) is 5.73 Å². The van der Waals surface area contributed by atoms with E-state index in [0.717, 1.165) is 0 Å². The van der Waals surface area contributed by atoms with E-state index in [2.05, 4.69) is 15.6 Å². The molecule has 1 aromatic carbocycles. The summed E-state index contributed by atoms with van der Waals surface area (Å²) in [5.41, 5.74) is 8.17. The van der Waals surface area contributed by atoms with E-state index in [1.165, 1.54) is 6.92 Å². The molecule has 0 aliphatic heterocycles. The van der Waals surface area contributed by atoms with Gasteiger partial charge in [-0.05, 0) is 38.5 Å². The van der Waals surface area contributed by atoms with Gasteiger partial charge < -0.3 is 21.4 Å². The van der Waals surface area contributed by atoms with Gasteiger partial charge in [-0.15, -0.1) is 0 Å². The molecule has 0 unspecified atom stereocenters. The van der Waals surface area contributed by atoms with Crippen LogP contribution in [0.5, 0.6) is 0 Å². The third-order valence-corrected chi connectivity index (χ3v) is 3.87. The number of aromatic nitrogens is 1. The van der Waals surface area contributed by atoms with Gasteiger partial charge in [0, 0.05) is 24.3 Å². The highest BCUT2D eigenvalue weighted by Crippen LogP contribution is 2.21. The molecule has 0 bridgehead atoms. The first kappa shape index (κ1) is 18.4. The first-order valence-electron chi connectivity index (χ1n) is 7.95. The third kappa shape index (κ3) is 3.95. The quantitative estimate of drug-likeness (QED) is 0.599. The van der Waals surface area contributed by atoms with Crippen LogP contribution in [0.3, 0.4) is 0 Å². The number of nitrogens with two attached hydrogens (primary N) is 1. The number of anilines is 1. The number of benzene rings is 1. The molecule has 0 fully saturated rings. The highest BCUT2D eigenvalue weighted by atomic mass is 16.2. The topological polar surface area (TPSA) is 117 Å². The number of hydrogen-bond donors (Lipinski definition) is 4. The molecule has 0 spiro atoms. The number of Topliss-reactive ketones (excluding diaryl/α,β-unsaturated/α-hetero) is 1. The van der Waals surface area contributed by atoms with Gasteiger partial charge in [-0.3, -0.25) is 14.4 Å². The van der Waals surface area contributed by atoms with Gasteiger partial charge in [-0.2, -0.15) is 0 Å². The molecule has 0 saturated carbocycles. The molecule has 2 amide bonds. The number of amides is 2. The molecule has 0 aliphatic carbocycles. The summed E-state index contributed by atoms with van der Waals surface area (Å²) in [7, 11) is 0. The second kappa shape index (κ2) is 7.76. The first-order chi connectivity index (χ1) is 11.9. The summed E-state index contributed by atoms with van der Waals surface area (Å²) < 4.78 is 0. The van der Waals surface area contributed by atoms with Crippen LogP contribution >= 0.6 is 0 Å². The van der Waals surface area contributed by atoms with Crippen molar-refractivity contribution in [3.8, 4) is 0 Å². The predicted molar refractivity (Wildman–Crippen MR) is 96.1 cm³/mol. The van der Waals surface area contributed by atoms with Gasteiger partial charge in [-0.1, -0.05) is 12.1 Å². The number of nitrogens with one attached hydrogen (secondary N) is 3. The smallest absolute Gasteiger partial charge is 0.272 e. The Morgan fingerprint density at radius 2 is 1.80 bits per heavy atom. The van der Waals surface area contributed by atoms with E-state index in [9.17, 15) is 14.4 Å². The van der Waals surface area contributed by atoms with Crippen molar-refractivity contribution in [1.29, 1.82) is 0 Å². The summed E-state index contributed by atoms with van der Waals surface area (Å²) in [6.07, 6.45) is 0. The Labute approximate surface area is 146 Å². The molecule has 1 aromatic heterocycles. The molecule has 7 heteroatoms. The molecule has 132 valence electrons. The number of hydrogen-bond acceptors (Lipinski definition) is 4. The Bertz CT molecular complexity index is 824. The van der Waals surface area contributed by atoms with Crippen molar-refractivity contribution in [2.24, 2.45) is 5.73 Å². The summed E-state index contributed by atoms with van der Waals surface area (Å²) in [6.45, 7) is 5.60. The average molecular weight is 342 g/mol. The highest BCUT2D eigenvalue weighted by Gasteiger charge is 2.21. The number of carbonyl (C=O) groups excluding carboxylic acids is 3. The summed E-state index contributed by atoms with van der Waals surface area (Å²) in [5, 5.41) is 5.40. The van der Waals surface area contributed by atoms with Crippen molar-refractivity contribution in [3.05, 3.63) is 52.3 Å². The molecular weight excluding hydrogens is 320 g/mol. The third-order valence-electron chi connectivity index (χ3n) is 3.87. The highest BCUT2D eigenvalue weighted by molar-refractivity contribution is 6.10. The van der Waals surface area contributed by atoms with E-state index in [-0.39, 0.29) is 11.7 Å². The summed E-state index contributed by atoms with van der Waals surface area (Å²) >= 11 is 0. The molecule has 0 radical (unpaired) electrons. The van der Waals surface area contributed by atoms with Gasteiger partial charge in [0.25, 0.3) is 11.8 Å². The Hall–Kier alpha value is -2.93. The fourth-order valence-corrected chi connectivity index (χ4v) is 2.76. The van der Waals surface area contributed by atoms with Crippen LogP contribution < -0.4 is 16.4 Å². The number of aromatic amines is 1. The zero-order valence-electron chi connectivity index (χ0n) is 14.5. The number of ketones is 1. The van der Waals surface area contributed by atoms with E-state index < -0.39 is 5.91 Å². The number of H-pyrrole nitrogens is 1. The van der Waals surface area contributed by atoms with E-state index in [0.29, 0.717) is 46.9 Å². The lowest BCUT2D eigenvalue weighted by Crippen LogP contribution is -2.30. The van der Waals surface area contributed by atoms with Crippen LogP contribution in [0.15, 0.2) is 24.3 Å². The van der Waals surface area contributed by atoms with Crippen molar-refractivity contribution < 1.29 is 14.4 Å². The van der Waals surface area contributed by atoms with Crippen molar-refractivity contribution in [3.63, 3.8) is 0 Å². The van der Waals surface area contributed by atoms with Gasteiger partial charge in [0.05, 0.1) is 11.3 Å². The van der Waals surface area contributed by atoms with E-state index in [1.807, 2.05) is 0 Å². The fourth-order valence-electron chi connectivity index (χ4n) is 2.76. The maximum Gasteiger partial charge on any atom is 0.272 e. The molecule has 0 aliphatic rings. The van der Waals surface area contributed by atoms with Gasteiger partial charge in [0.2, 0.25) is 0 Å². The Balaban J connectivity index is 2.29. The van der Waals surface area contributed by atoms with Crippen LogP contribution in [-0.2, 0) is 0 Å². The van der Waals surface area contributed by atoms with Gasteiger partial charge in [0.15, 0.2) is 5.78 Å². The Kier molecular flexibility index (Phi) is 5.71. The largest absolute Gasteiger partial charge is 0.354 e. The fraction of sp³-hybridized carbons (Fsp3) is 0.278. The van der Waals surface area contributed by atoms with Gasteiger partial charge in [0.1, 0.15) is 5.69 Å². The standard InChI is InChI=1S/C18H22N4O3/c1-10-15(12(3)23)11(2)21-16(10)18(25)22-14-7-5-4-6-13(14)17(24)20-9-8-19/h4-7,21H,8-9,19H2,1-3H3,(H,20,24)(H,22,25). The minimum absolute atomic E-state index is 0.105. The zero-order valence-corrected chi connectivity index (χ0v) is 14.5. The van der Waals surface area contributed by atoms with Crippen LogP contribution in [0, 0.1) is 13.8 Å². The van der Waals surface area contributed by atoms with Crippen LogP contribution in [0.1, 0.15) is 49.4 Å². The van der Waals surface area contributed by atoms with Crippen LogP contribution in [-0.4, -0.2) is 35.7 Å². The summed E-state index contributed by atoms with van der Waals surface area (Å²) in [5.74, 6) is -0.829. The number of para-hydroxylation sites is 1. The van der Waals surface area contributed by atoms with Crippen molar-refractivity contribution in [1.82, 2.24) is 10.3 Å². The lowest BCUT2D eigenvalue weighted by molar-refractivity contribution is 0.0954.